The zero-order valence-electron chi connectivity index (χ0n) is 9.25. The van der Waals surface area contributed by atoms with Gasteiger partial charge in [0.05, 0.1) is 18.9 Å². The van der Waals surface area contributed by atoms with Crippen LogP contribution in [0.25, 0.3) is 0 Å². The van der Waals surface area contributed by atoms with Crippen LogP contribution in [0.4, 0.5) is 0 Å². The molecule has 0 saturated carbocycles. The topological polar surface area (TPSA) is 34.4 Å². The highest BCUT2D eigenvalue weighted by Gasteiger charge is 2.21. The van der Waals surface area contributed by atoms with Crippen molar-refractivity contribution in [3.05, 3.63) is 35.5 Å². The van der Waals surface area contributed by atoms with Crippen LogP contribution in [-0.4, -0.2) is 13.2 Å². The highest BCUT2D eigenvalue weighted by atomic mass is 16.5. The van der Waals surface area contributed by atoms with Crippen molar-refractivity contribution in [2.24, 2.45) is 0 Å². The minimum Gasteiger partial charge on any atom is -0.496 e. The highest BCUT2D eigenvalue weighted by molar-refractivity contribution is 5.25. The van der Waals surface area contributed by atoms with Gasteiger partial charge in [-0.15, -0.1) is 0 Å². The van der Waals surface area contributed by atoms with Crippen LogP contribution in [0.2, 0.25) is 0 Å². The summed E-state index contributed by atoms with van der Waals surface area (Å²) in [5.41, 5.74) is 1.14. The number of likely N-dealkylation sites (N-methyl/N-ethyl adjacent to an activating group) is 1. The predicted molar refractivity (Wildman–Crippen MR) is 58.5 cm³/mol. The molecule has 0 amide bonds. The summed E-state index contributed by atoms with van der Waals surface area (Å²) in [6.07, 6.45) is 4.95. The van der Waals surface area contributed by atoms with Crippen LogP contribution in [-0.2, 0) is 4.74 Å². The maximum atomic E-state index is 5.59. The van der Waals surface area contributed by atoms with Crippen molar-refractivity contribution >= 4 is 0 Å². The monoisotopic (exact) mass is 207 g/mol. The van der Waals surface area contributed by atoms with Crippen molar-refractivity contribution in [2.45, 2.75) is 26.3 Å². The lowest BCUT2D eigenvalue weighted by atomic mass is 10.1. The van der Waals surface area contributed by atoms with Gasteiger partial charge >= 0.3 is 0 Å². The largest absolute Gasteiger partial charge is 0.496 e. The van der Waals surface area contributed by atoms with Crippen LogP contribution < -0.4 is 5.32 Å². The summed E-state index contributed by atoms with van der Waals surface area (Å²) in [5, 5.41) is 3.40. The lowest BCUT2D eigenvalue weighted by molar-refractivity contribution is 0.216. The smallest absolute Gasteiger partial charge is 0.114 e. The first kappa shape index (κ1) is 10.3. The Morgan fingerprint density at radius 1 is 1.53 bits per heavy atom. The van der Waals surface area contributed by atoms with E-state index in [1.165, 1.54) is 0 Å². The van der Waals surface area contributed by atoms with E-state index in [0.29, 0.717) is 0 Å². The van der Waals surface area contributed by atoms with E-state index < -0.39 is 0 Å². The maximum Gasteiger partial charge on any atom is 0.114 e. The molecule has 1 aromatic heterocycles. The van der Waals surface area contributed by atoms with E-state index >= 15 is 0 Å². The van der Waals surface area contributed by atoms with Crippen LogP contribution in [0.15, 0.2) is 28.6 Å². The fourth-order valence-electron chi connectivity index (χ4n) is 1.84. The SMILES string of the molecule is CCNC(C1=CCCO1)c1coc(C)c1. The van der Waals surface area contributed by atoms with E-state index in [0.717, 1.165) is 36.7 Å². The van der Waals surface area contributed by atoms with Crippen molar-refractivity contribution in [3.8, 4) is 0 Å². The van der Waals surface area contributed by atoms with Gasteiger partial charge in [-0.1, -0.05) is 6.92 Å². The molecule has 1 unspecified atom stereocenters. The van der Waals surface area contributed by atoms with Crippen LogP contribution in [0, 0.1) is 6.92 Å². The summed E-state index contributed by atoms with van der Waals surface area (Å²) in [7, 11) is 0. The minimum atomic E-state index is 0.148. The van der Waals surface area contributed by atoms with Gasteiger partial charge in [0.1, 0.15) is 11.5 Å². The van der Waals surface area contributed by atoms with E-state index in [1.807, 2.05) is 6.92 Å². The fourth-order valence-corrected chi connectivity index (χ4v) is 1.84. The van der Waals surface area contributed by atoms with E-state index in [9.17, 15) is 0 Å². The Bertz CT molecular complexity index is 354. The van der Waals surface area contributed by atoms with E-state index in [4.69, 9.17) is 9.15 Å². The Labute approximate surface area is 90.1 Å². The Morgan fingerprint density at radius 2 is 2.40 bits per heavy atom. The van der Waals surface area contributed by atoms with Crippen LogP contribution in [0.5, 0.6) is 0 Å². The van der Waals surface area contributed by atoms with Gasteiger partial charge in [-0.25, -0.2) is 0 Å². The van der Waals surface area contributed by atoms with Gasteiger partial charge in [0.25, 0.3) is 0 Å². The van der Waals surface area contributed by atoms with Crippen molar-refractivity contribution < 1.29 is 9.15 Å². The summed E-state index contributed by atoms with van der Waals surface area (Å²) < 4.78 is 10.9. The van der Waals surface area contributed by atoms with Gasteiger partial charge in [-0.05, 0) is 25.6 Å². The number of aryl methyl sites for hydroxylation is 1. The molecule has 1 aliphatic heterocycles. The van der Waals surface area contributed by atoms with E-state index in [2.05, 4.69) is 24.4 Å². The molecule has 0 spiro atoms. The van der Waals surface area contributed by atoms with Crippen molar-refractivity contribution in [3.63, 3.8) is 0 Å². The van der Waals surface area contributed by atoms with Crippen LogP contribution >= 0.6 is 0 Å². The number of ether oxygens (including phenoxy) is 1. The maximum absolute atomic E-state index is 5.59. The van der Waals surface area contributed by atoms with Crippen LogP contribution in [0.3, 0.4) is 0 Å². The molecular formula is C12H17NO2. The number of nitrogens with one attached hydrogen (secondary N) is 1. The van der Waals surface area contributed by atoms with Gasteiger partial charge in [-0.3, -0.25) is 0 Å². The first-order valence-corrected chi connectivity index (χ1v) is 5.42. The molecule has 0 saturated heterocycles. The average molecular weight is 207 g/mol. The molecule has 0 radical (unpaired) electrons. The Morgan fingerprint density at radius 3 is 2.93 bits per heavy atom. The van der Waals surface area contributed by atoms with Crippen molar-refractivity contribution in [1.82, 2.24) is 5.32 Å². The zero-order chi connectivity index (χ0) is 10.7. The van der Waals surface area contributed by atoms with E-state index in [-0.39, 0.29) is 6.04 Å². The fraction of sp³-hybridized carbons (Fsp3) is 0.500. The molecule has 1 atom stereocenters. The molecule has 3 nitrogen and oxygen atoms in total. The predicted octanol–water partition coefficient (Wildman–Crippen LogP) is 2.54. The quantitative estimate of drug-likeness (QED) is 0.823. The van der Waals surface area contributed by atoms with Crippen molar-refractivity contribution in [1.29, 1.82) is 0 Å². The molecule has 82 valence electrons. The molecule has 2 heterocycles. The first-order chi connectivity index (χ1) is 7.31. The molecule has 0 bridgehead atoms. The number of rotatable bonds is 4. The van der Waals surface area contributed by atoms with E-state index in [1.54, 1.807) is 6.26 Å². The molecule has 0 aliphatic carbocycles. The molecule has 1 aromatic rings. The number of hydrogen-bond acceptors (Lipinski definition) is 3. The minimum absolute atomic E-state index is 0.148. The Hall–Kier alpha value is -1.22. The summed E-state index contributed by atoms with van der Waals surface area (Å²) in [6, 6.07) is 2.20. The third-order valence-electron chi connectivity index (χ3n) is 2.51. The lowest BCUT2D eigenvalue weighted by Crippen LogP contribution is -2.22. The molecule has 15 heavy (non-hydrogen) atoms. The molecule has 1 N–H and O–H groups in total. The third-order valence-corrected chi connectivity index (χ3v) is 2.51. The summed E-state index contributed by atoms with van der Waals surface area (Å²) in [5.74, 6) is 1.96. The molecule has 0 fully saturated rings. The average Bonchev–Trinajstić information content (AvgIpc) is 2.85. The first-order valence-electron chi connectivity index (χ1n) is 5.42. The Balaban J connectivity index is 2.18. The number of hydrogen-bond donors (Lipinski definition) is 1. The second-order valence-corrected chi connectivity index (χ2v) is 3.73. The molecule has 2 rings (SSSR count). The molecular weight excluding hydrogens is 190 g/mol. The molecule has 0 aromatic carbocycles. The summed E-state index contributed by atoms with van der Waals surface area (Å²) in [4.78, 5) is 0. The normalized spacial score (nSPS) is 17.3. The van der Waals surface area contributed by atoms with Crippen LogP contribution in [0.1, 0.15) is 30.7 Å². The Kier molecular flexibility index (Phi) is 3.11. The van der Waals surface area contributed by atoms with Gasteiger partial charge in [0.15, 0.2) is 0 Å². The summed E-state index contributed by atoms with van der Waals surface area (Å²) >= 11 is 0. The molecule has 3 heteroatoms. The molecule has 1 aliphatic rings. The van der Waals surface area contributed by atoms with Gasteiger partial charge in [-0.2, -0.15) is 0 Å². The lowest BCUT2D eigenvalue weighted by Gasteiger charge is -2.17. The van der Waals surface area contributed by atoms with Crippen molar-refractivity contribution in [2.75, 3.05) is 13.2 Å². The highest BCUT2D eigenvalue weighted by Crippen LogP contribution is 2.27. The standard InChI is InChI=1S/C12H17NO2/c1-3-13-12(11-5-4-6-14-11)10-7-9(2)15-8-10/h5,7-8,12-13H,3-4,6H2,1-2H3. The van der Waals surface area contributed by atoms with Gasteiger partial charge in [0.2, 0.25) is 0 Å². The third kappa shape index (κ3) is 2.23. The van der Waals surface area contributed by atoms with Gasteiger partial charge in [0, 0.05) is 12.0 Å². The summed E-state index contributed by atoms with van der Waals surface area (Å²) in [6.45, 7) is 5.76. The second kappa shape index (κ2) is 4.53. The number of furan rings is 1. The van der Waals surface area contributed by atoms with Gasteiger partial charge < -0.3 is 14.5 Å². The zero-order valence-corrected chi connectivity index (χ0v) is 9.25. The second-order valence-electron chi connectivity index (χ2n) is 3.73.